The van der Waals surface area contributed by atoms with Crippen LogP contribution in [0.3, 0.4) is 0 Å². The molecule has 100 valence electrons. The monoisotopic (exact) mass is 410 g/mol. The third kappa shape index (κ3) is 8.81. The molecule has 2 rings (SSSR count). The van der Waals surface area contributed by atoms with Crippen LogP contribution in [-0.4, -0.2) is 11.8 Å². The van der Waals surface area contributed by atoms with Gasteiger partial charge in [-0.1, -0.05) is 36.4 Å². The molecule has 2 aromatic carbocycles. The van der Waals surface area contributed by atoms with Crippen molar-refractivity contribution in [1.29, 1.82) is 0 Å². The molecule has 20 heavy (non-hydrogen) atoms. The minimum atomic E-state index is -0.379. The molecular formula is C14H14ClCsN2O2. The second kappa shape index (κ2) is 12.5. The number of benzene rings is 2. The summed E-state index contributed by atoms with van der Waals surface area (Å²) in [5.74, 6) is -0.758. The smallest absolute Gasteiger partial charge is 1.00 e. The fourth-order valence-electron chi connectivity index (χ4n) is 1.20. The summed E-state index contributed by atoms with van der Waals surface area (Å²) in [6.07, 6.45) is 0. The summed E-state index contributed by atoms with van der Waals surface area (Å²) in [6, 6.07) is 17.5. The van der Waals surface area contributed by atoms with Crippen LogP contribution in [0, 0.1) is 0 Å². The van der Waals surface area contributed by atoms with Crippen LogP contribution in [0.25, 0.3) is 0 Å². The van der Waals surface area contributed by atoms with Crippen LogP contribution in [0.15, 0.2) is 60.7 Å². The summed E-state index contributed by atoms with van der Waals surface area (Å²) in [7, 11) is 0. The van der Waals surface area contributed by atoms with E-state index in [0.29, 0.717) is 11.1 Å². The first-order chi connectivity index (χ1) is 8.61. The van der Waals surface area contributed by atoms with Gasteiger partial charge in [0.25, 0.3) is 0 Å². The Balaban J connectivity index is 0. The van der Waals surface area contributed by atoms with Crippen molar-refractivity contribution in [3.05, 3.63) is 71.8 Å². The maximum absolute atomic E-state index is 10.4. The number of primary amides is 2. The third-order valence-corrected chi connectivity index (χ3v) is 2.12. The van der Waals surface area contributed by atoms with Gasteiger partial charge in [-0.3, -0.25) is 9.59 Å². The van der Waals surface area contributed by atoms with E-state index < -0.39 is 0 Å². The predicted octanol–water partition coefficient (Wildman–Crippen LogP) is -4.42. The maximum atomic E-state index is 10.4. The van der Waals surface area contributed by atoms with Gasteiger partial charge in [0.05, 0.1) is 0 Å². The number of carbonyl (C=O) groups excluding carboxylic acids is 2. The third-order valence-electron chi connectivity index (χ3n) is 2.12. The van der Waals surface area contributed by atoms with Crippen molar-refractivity contribution in [3.8, 4) is 0 Å². The van der Waals surface area contributed by atoms with Crippen molar-refractivity contribution in [2.75, 3.05) is 0 Å². The molecule has 0 aliphatic carbocycles. The summed E-state index contributed by atoms with van der Waals surface area (Å²) in [5, 5.41) is 0. The molecule has 2 aromatic rings. The van der Waals surface area contributed by atoms with Crippen molar-refractivity contribution >= 4 is 11.8 Å². The Labute approximate surface area is 183 Å². The van der Waals surface area contributed by atoms with Crippen molar-refractivity contribution in [1.82, 2.24) is 0 Å². The van der Waals surface area contributed by atoms with E-state index in [9.17, 15) is 9.59 Å². The number of amides is 2. The van der Waals surface area contributed by atoms with Gasteiger partial charge in [-0.15, -0.1) is 0 Å². The van der Waals surface area contributed by atoms with Gasteiger partial charge in [-0.25, -0.2) is 0 Å². The summed E-state index contributed by atoms with van der Waals surface area (Å²) in [4.78, 5) is 20.8. The van der Waals surface area contributed by atoms with Crippen LogP contribution in [0.5, 0.6) is 0 Å². The Bertz CT molecular complexity index is 472. The Morgan fingerprint density at radius 2 is 0.900 bits per heavy atom. The fraction of sp³-hybridized carbons (Fsp3) is 0. The molecule has 6 heteroatoms. The maximum Gasteiger partial charge on any atom is 1.00 e. The first kappa shape index (κ1) is 22.0. The number of hydrogen-bond acceptors (Lipinski definition) is 2. The zero-order valence-corrected chi connectivity index (χ0v) is 18.2. The van der Waals surface area contributed by atoms with Crippen molar-refractivity contribution in [2.24, 2.45) is 11.5 Å². The van der Waals surface area contributed by atoms with Gasteiger partial charge < -0.3 is 23.9 Å². The zero-order valence-electron chi connectivity index (χ0n) is 11.1. The molecule has 2 amide bonds. The summed E-state index contributed by atoms with van der Waals surface area (Å²) < 4.78 is 0. The van der Waals surface area contributed by atoms with Crippen molar-refractivity contribution in [3.63, 3.8) is 0 Å². The summed E-state index contributed by atoms with van der Waals surface area (Å²) >= 11 is 0. The number of hydrogen-bond donors (Lipinski definition) is 2. The normalized spacial score (nSPS) is 8.00. The minimum absolute atomic E-state index is 0. The minimum Gasteiger partial charge on any atom is -1.00 e. The van der Waals surface area contributed by atoms with E-state index in [1.54, 1.807) is 48.5 Å². The number of halogens is 1. The Kier molecular flexibility index (Phi) is 13.7. The molecule has 0 atom stereocenters. The van der Waals surface area contributed by atoms with E-state index in [-0.39, 0.29) is 93.1 Å². The van der Waals surface area contributed by atoms with Crippen LogP contribution in [0.4, 0.5) is 0 Å². The van der Waals surface area contributed by atoms with Crippen LogP contribution < -0.4 is 92.8 Å². The standard InChI is InChI=1S/2C7H7NO.ClH.Cs/c2*8-7(9)6-4-2-1-3-5-6;;/h2*1-5H,(H2,8,9);1H;/q;;;+1/p-1. The van der Waals surface area contributed by atoms with Gasteiger partial charge >= 0.3 is 68.9 Å². The molecule has 0 aliphatic heterocycles. The molecule has 0 saturated heterocycles. The van der Waals surface area contributed by atoms with Gasteiger partial charge in [0, 0.05) is 11.1 Å². The molecule has 0 bridgehead atoms. The average molecular weight is 411 g/mol. The molecule has 0 aromatic heterocycles. The second-order valence-electron chi connectivity index (χ2n) is 3.46. The van der Waals surface area contributed by atoms with Gasteiger partial charge in [0.1, 0.15) is 0 Å². The number of rotatable bonds is 2. The van der Waals surface area contributed by atoms with Crippen LogP contribution in [0.1, 0.15) is 20.7 Å². The SMILES string of the molecule is NC(=O)c1ccccc1.NC(=O)c1ccccc1.[Cl-].[Cs+]. The van der Waals surface area contributed by atoms with Gasteiger partial charge in [-0.05, 0) is 24.3 Å². The molecule has 0 saturated carbocycles. The Morgan fingerprint density at radius 1 is 0.650 bits per heavy atom. The van der Waals surface area contributed by atoms with Crippen LogP contribution in [0.2, 0.25) is 0 Å². The van der Waals surface area contributed by atoms with E-state index in [2.05, 4.69) is 0 Å². The van der Waals surface area contributed by atoms with Gasteiger partial charge in [-0.2, -0.15) is 0 Å². The van der Waals surface area contributed by atoms with Crippen LogP contribution >= 0.6 is 0 Å². The van der Waals surface area contributed by atoms with Crippen molar-refractivity contribution < 1.29 is 90.9 Å². The molecule has 0 heterocycles. The molecule has 4 nitrogen and oxygen atoms in total. The molecular weight excluding hydrogens is 397 g/mol. The predicted molar refractivity (Wildman–Crippen MR) is 69.9 cm³/mol. The summed E-state index contributed by atoms with van der Waals surface area (Å²) in [6.45, 7) is 0. The van der Waals surface area contributed by atoms with Crippen molar-refractivity contribution in [2.45, 2.75) is 0 Å². The second-order valence-corrected chi connectivity index (χ2v) is 3.46. The van der Waals surface area contributed by atoms with E-state index in [1.165, 1.54) is 0 Å². The quantitative estimate of drug-likeness (QED) is 0.524. The first-order valence-electron chi connectivity index (χ1n) is 5.31. The molecule has 0 unspecified atom stereocenters. The molecule has 0 spiro atoms. The number of carbonyl (C=O) groups is 2. The van der Waals surface area contributed by atoms with Gasteiger partial charge in [0.2, 0.25) is 11.8 Å². The zero-order chi connectivity index (χ0) is 13.4. The van der Waals surface area contributed by atoms with Crippen LogP contribution in [-0.2, 0) is 0 Å². The number of nitrogens with two attached hydrogens (primary N) is 2. The van der Waals surface area contributed by atoms with Gasteiger partial charge in [0.15, 0.2) is 0 Å². The van der Waals surface area contributed by atoms with E-state index in [4.69, 9.17) is 11.5 Å². The van der Waals surface area contributed by atoms with E-state index in [0.717, 1.165) is 0 Å². The summed E-state index contributed by atoms with van der Waals surface area (Å²) in [5.41, 5.74) is 11.1. The Hall–Kier alpha value is -0.278. The van der Waals surface area contributed by atoms with E-state index >= 15 is 0 Å². The molecule has 4 N–H and O–H groups in total. The molecule has 0 fully saturated rings. The fourth-order valence-corrected chi connectivity index (χ4v) is 1.20. The largest absolute Gasteiger partial charge is 1.00 e. The average Bonchev–Trinajstić information content (AvgIpc) is 2.41. The molecule has 0 aliphatic rings. The topological polar surface area (TPSA) is 86.2 Å². The Morgan fingerprint density at radius 3 is 1.05 bits per heavy atom. The molecule has 0 radical (unpaired) electrons. The van der Waals surface area contributed by atoms with E-state index in [1.807, 2.05) is 12.1 Å². The first-order valence-corrected chi connectivity index (χ1v) is 5.31.